The summed E-state index contributed by atoms with van der Waals surface area (Å²) >= 11 is 0. The summed E-state index contributed by atoms with van der Waals surface area (Å²) in [5.74, 6) is 4.52. The van der Waals surface area contributed by atoms with Gasteiger partial charge in [0.15, 0.2) is 17.3 Å². The second-order valence-corrected chi connectivity index (χ2v) is 22.0. The van der Waals surface area contributed by atoms with Gasteiger partial charge in [-0.3, -0.25) is 9.59 Å². The number of hydrogen-bond acceptors (Lipinski definition) is 6. The van der Waals surface area contributed by atoms with Crippen molar-refractivity contribution in [1.29, 1.82) is 0 Å². The third-order valence-corrected chi connectivity index (χ3v) is 19.3. The van der Waals surface area contributed by atoms with Crippen LogP contribution >= 0.6 is 0 Å². The van der Waals surface area contributed by atoms with E-state index in [0.29, 0.717) is 42.6 Å². The number of nitrogens with zero attached hydrogens (tertiary/aromatic N) is 1. The lowest BCUT2D eigenvalue weighted by Gasteiger charge is -2.71. The fraction of sp³-hybridized carbons (Fsp3) is 0.760. The Balaban J connectivity index is 1.01. The minimum absolute atomic E-state index is 0.0424. The SMILES string of the molecule is COc1ccc(CC(=O)N(CC23CC4CC(CC(C4)C2)C3)C[C@]2(O)CC[C@H]3[C@]45C=C[C@@]6(C=C4C(=O)C4CCCCC4)CC(O)CC[C@]6(C)[C@H]5CC[C@@]32C)cc1OC. The lowest BCUT2D eigenvalue weighted by atomic mass is 9.32. The fourth-order valence-corrected chi connectivity index (χ4v) is 16.9. The fourth-order valence-electron chi connectivity index (χ4n) is 16.9. The highest BCUT2D eigenvalue weighted by atomic mass is 16.5. The summed E-state index contributed by atoms with van der Waals surface area (Å²) in [4.78, 5) is 32.2. The molecule has 7 nitrogen and oxygen atoms in total. The molecule has 11 aliphatic carbocycles. The van der Waals surface area contributed by atoms with Gasteiger partial charge in [0.1, 0.15) is 0 Å². The van der Waals surface area contributed by atoms with Crippen LogP contribution < -0.4 is 9.47 Å². The van der Waals surface area contributed by atoms with E-state index in [2.05, 4.69) is 37.0 Å². The lowest BCUT2D eigenvalue weighted by molar-refractivity contribution is -0.183. The Morgan fingerprint density at radius 2 is 1.42 bits per heavy atom. The molecule has 6 bridgehead atoms. The molecule has 2 N–H and O–H groups in total. The molecule has 0 saturated heterocycles. The Kier molecular flexibility index (Phi) is 9.09. The monoisotopic (exact) mass is 780 g/mol. The maximum Gasteiger partial charge on any atom is 0.227 e. The number of allylic oxidation sites excluding steroid dienone is 4. The number of aliphatic hydroxyl groups is 2. The number of benzene rings is 1. The van der Waals surface area contributed by atoms with Gasteiger partial charge in [-0.15, -0.1) is 0 Å². The molecule has 12 rings (SSSR count). The zero-order chi connectivity index (χ0) is 39.6. The van der Waals surface area contributed by atoms with Crippen LogP contribution in [0.5, 0.6) is 11.5 Å². The van der Waals surface area contributed by atoms with Crippen molar-refractivity contribution in [3.8, 4) is 11.5 Å². The number of aliphatic hydroxyl groups excluding tert-OH is 1. The molecule has 7 heteroatoms. The summed E-state index contributed by atoms with van der Waals surface area (Å²) < 4.78 is 11.2. The van der Waals surface area contributed by atoms with Crippen molar-refractivity contribution in [2.24, 2.45) is 62.6 Å². The molecule has 8 atom stereocenters. The van der Waals surface area contributed by atoms with Gasteiger partial charge in [-0.1, -0.05) is 57.4 Å². The van der Waals surface area contributed by atoms with E-state index in [-0.39, 0.29) is 46.5 Å². The van der Waals surface area contributed by atoms with Crippen LogP contribution in [0, 0.1) is 62.6 Å². The van der Waals surface area contributed by atoms with E-state index < -0.39 is 16.4 Å². The standard InChI is InChI=1S/C50H69NO6/c1-45-15-12-37(52)28-48(45)18-19-50(38(29-48)44(54)36-8-6-5-7-9-36)41(45)13-16-46(2)42(50)14-17-49(46,55)31-51(30-47-25-33-20-34(26-47)22-35(21-33)27-47)43(53)24-32-10-11-39(56-3)40(23-32)57-4/h10-11,18-19,23,29,33-37,41-42,52,55H,5-9,12-17,20-22,24-28,30-31H2,1-4H3/t33?,34?,35?,37?,41-,42-,45-,46+,47?,48+,49-,50-/m1/s1. The number of rotatable bonds is 10. The maximum absolute atomic E-state index is 15.1. The predicted octanol–water partition coefficient (Wildman–Crippen LogP) is 9.03. The topological polar surface area (TPSA) is 96.3 Å². The first-order chi connectivity index (χ1) is 27.3. The molecule has 0 heterocycles. The highest BCUT2D eigenvalue weighted by molar-refractivity contribution is 6.00. The number of ketones is 1. The first-order valence-electron chi connectivity index (χ1n) is 23.2. The van der Waals surface area contributed by atoms with Crippen molar-refractivity contribution in [2.45, 2.75) is 148 Å². The minimum atomic E-state index is -1.07. The minimum Gasteiger partial charge on any atom is -0.493 e. The highest BCUT2D eigenvalue weighted by Gasteiger charge is 2.75. The Morgan fingerprint density at radius 1 is 0.772 bits per heavy atom. The number of amides is 1. The van der Waals surface area contributed by atoms with Crippen LogP contribution in [0.3, 0.4) is 0 Å². The van der Waals surface area contributed by atoms with E-state index >= 15 is 4.79 Å². The molecule has 310 valence electrons. The van der Waals surface area contributed by atoms with Crippen molar-refractivity contribution < 1.29 is 29.3 Å². The second-order valence-electron chi connectivity index (χ2n) is 22.0. The molecule has 8 fully saturated rings. The Bertz CT molecular complexity index is 1830. The van der Waals surface area contributed by atoms with E-state index in [1.54, 1.807) is 14.2 Å². The summed E-state index contributed by atoms with van der Waals surface area (Å²) in [6.45, 7) is 5.90. The summed E-state index contributed by atoms with van der Waals surface area (Å²) in [7, 11) is 3.27. The predicted molar refractivity (Wildman–Crippen MR) is 221 cm³/mol. The van der Waals surface area contributed by atoms with Crippen LogP contribution in [0.1, 0.15) is 135 Å². The van der Waals surface area contributed by atoms with Crippen LogP contribution in [0.15, 0.2) is 42.0 Å². The van der Waals surface area contributed by atoms with Gasteiger partial charge in [0.05, 0.1) is 32.3 Å². The molecule has 8 saturated carbocycles. The Morgan fingerprint density at radius 3 is 2.11 bits per heavy atom. The summed E-state index contributed by atoms with van der Waals surface area (Å²) in [5.41, 5.74) is -0.253. The van der Waals surface area contributed by atoms with Gasteiger partial charge in [-0.2, -0.15) is 0 Å². The second kappa shape index (κ2) is 13.4. The molecule has 11 aliphatic rings. The van der Waals surface area contributed by atoms with Crippen molar-refractivity contribution >= 4 is 11.7 Å². The van der Waals surface area contributed by atoms with Gasteiger partial charge in [-0.25, -0.2) is 0 Å². The first kappa shape index (κ1) is 38.6. The Labute approximate surface area is 341 Å². The number of ether oxygens (including phenoxy) is 2. The number of carbonyl (C=O) groups excluding carboxylic acids is 2. The molecule has 57 heavy (non-hydrogen) atoms. The van der Waals surface area contributed by atoms with E-state index in [9.17, 15) is 15.0 Å². The summed E-state index contributed by atoms with van der Waals surface area (Å²) in [6.07, 6.45) is 26.1. The molecular formula is C50H69NO6. The van der Waals surface area contributed by atoms with E-state index in [4.69, 9.17) is 9.47 Å². The van der Waals surface area contributed by atoms with Gasteiger partial charge in [0.2, 0.25) is 5.91 Å². The number of carbonyl (C=O) groups is 2. The van der Waals surface area contributed by atoms with Crippen LogP contribution in [0.2, 0.25) is 0 Å². The summed E-state index contributed by atoms with van der Waals surface area (Å²) in [6, 6.07) is 5.80. The van der Waals surface area contributed by atoms with E-state index in [1.807, 2.05) is 18.2 Å². The number of hydrogen-bond donors (Lipinski definition) is 2. The average Bonchev–Trinajstić information content (AvgIpc) is 3.46. The van der Waals surface area contributed by atoms with Crippen LogP contribution in [-0.2, 0) is 16.0 Å². The van der Waals surface area contributed by atoms with Crippen molar-refractivity contribution in [2.75, 3.05) is 27.3 Å². The zero-order valence-electron chi connectivity index (χ0n) is 35.3. The highest BCUT2D eigenvalue weighted by Crippen LogP contribution is 2.78. The van der Waals surface area contributed by atoms with Crippen LogP contribution in [-0.4, -0.2) is 65.8 Å². The Hall–Kier alpha value is -2.64. The molecule has 1 aromatic carbocycles. The largest absolute Gasteiger partial charge is 0.493 e. The van der Waals surface area contributed by atoms with Crippen molar-refractivity contribution in [3.05, 3.63) is 47.6 Å². The molecule has 1 aromatic rings. The van der Waals surface area contributed by atoms with Crippen LogP contribution in [0.25, 0.3) is 0 Å². The zero-order valence-corrected chi connectivity index (χ0v) is 35.3. The van der Waals surface area contributed by atoms with Crippen LogP contribution in [0.4, 0.5) is 0 Å². The molecule has 0 aliphatic heterocycles. The molecule has 0 aromatic heterocycles. The quantitative estimate of drug-likeness (QED) is 0.230. The maximum atomic E-state index is 15.1. The smallest absolute Gasteiger partial charge is 0.227 e. The normalized spacial score (nSPS) is 45.2. The number of fused-ring (bicyclic) bond motifs is 1. The third kappa shape index (κ3) is 5.61. The molecule has 1 amide bonds. The molecular weight excluding hydrogens is 711 g/mol. The number of Topliss-reactive ketones (excluding diaryl/α,β-unsaturated/α-hetero) is 1. The summed E-state index contributed by atoms with van der Waals surface area (Å²) in [5, 5.41) is 24.7. The number of methoxy groups -OCH3 is 2. The van der Waals surface area contributed by atoms with Crippen molar-refractivity contribution in [1.82, 2.24) is 4.90 Å². The van der Waals surface area contributed by atoms with E-state index in [0.717, 1.165) is 93.2 Å². The third-order valence-electron chi connectivity index (χ3n) is 19.3. The van der Waals surface area contributed by atoms with Gasteiger partial charge < -0.3 is 24.6 Å². The van der Waals surface area contributed by atoms with Gasteiger partial charge in [0, 0.05) is 40.8 Å². The average molecular weight is 780 g/mol. The van der Waals surface area contributed by atoms with Crippen molar-refractivity contribution in [3.63, 3.8) is 0 Å². The van der Waals surface area contributed by atoms with E-state index in [1.165, 1.54) is 44.9 Å². The first-order valence-corrected chi connectivity index (χ1v) is 23.2. The molecule has 1 unspecified atom stereocenters. The molecule has 0 radical (unpaired) electrons. The van der Waals surface area contributed by atoms with Gasteiger partial charge in [-0.05, 0) is 154 Å². The lowest BCUT2D eigenvalue weighted by Crippen LogP contribution is -2.68. The molecule has 2 spiro atoms. The van der Waals surface area contributed by atoms with Gasteiger partial charge >= 0.3 is 0 Å². The van der Waals surface area contributed by atoms with Gasteiger partial charge in [0.25, 0.3) is 0 Å².